The molecule has 0 aromatic rings. The highest BCUT2D eigenvalue weighted by atomic mass is 32.2. The number of rotatable bonds is 0. The Kier molecular flexibility index (Phi) is 1.35. The van der Waals surface area contributed by atoms with Gasteiger partial charge in [0.05, 0.1) is 10.5 Å². The zero-order valence-corrected chi connectivity index (χ0v) is 7.60. The van der Waals surface area contributed by atoms with Crippen LogP contribution in [0.1, 0.15) is 25.7 Å². The van der Waals surface area contributed by atoms with Crippen LogP contribution in [0.5, 0.6) is 0 Å². The lowest BCUT2D eigenvalue weighted by Gasteiger charge is -2.06. The van der Waals surface area contributed by atoms with Gasteiger partial charge >= 0.3 is 0 Å². The van der Waals surface area contributed by atoms with Crippen molar-refractivity contribution in [3.63, 3.8) is 0 Å². The van der Waals surface area contributed by atoms with Crippen LogP contribution in [0.3, 0.4) is 0 Å². The quantitative estimate of drug-likeness (QED) is 0.508. The number of hydrogen-bond donors (Lipinski definition) is 0. The topological polar surface area (TPSA) is 24.7 Å². The SMILES string of the molecule is C1=NC=S2C(=N1)CC1=C2CCC1. The summed E-state index contributed by atoms with van der Waals surface area (Å²) in [5, 5.41) is 1.36. The molecule has 12 heavy (non-hydrogen) atoms. The average Bonchev–Trinajstić information content (AvgIpc) is 2.62. The molecule has 0 N–H and O–H groups in total. The monoisotopic (exact) mass is 178 g/mol. The number of aliphatic imine (C=N–C) groups is 2. The Bertz CT molecular complexity index is 361. The smallest absolute Gasteiger partial charge is 0.116 e. The third-order valence-electron chi connectivity index (χ3n) is 2.60. The maximum atomic E-state index is 4.34. The number of hydrogen-bond acceptors (Lipinski definition) is 2. The first-order valence-electron chi connectivity index (χ1n) is 4.31. The van der Waals surface area contributed by atoms with Gasteiger partial charge in [0.2, 0.25) is 0 Å². The molecular weight excluding hydrogens is 168 g/mol. The van der Waals surface area contributed by atoms with E-state index < -0.39 is 0 Å². The zero-order valence-electron chi connectivity index (χ0n) is 6.79. The molecule has 1 unspecified atom stereocenters. The molecule has 0 fully saturated rings. The molecule has 2 nitrogen and oxygen atoms in total. The molecule has 3 heteroatoms. The molecule has 1 atom stereocenters. The lowest BCUT2D eigenvalue weighted by molar-refractivity contribution is 0.895. The fraction of sp³-hybridized carbons (Fsp3) is 0.444. The average molecular weight is 178 g/mol. The van der Waals surface area contributed by atoms with Crippen molar-refractivity contribution in [3.8, 4) is 0 Å². The van der Waals surface area contributed by atoms with Gasteiger partial charge in [-0.05, 0) is 24.2 Å². The van der Waals surface area contributed by atoms with E-state index in [0.29, 0.717) is 0 Å². The molecule has 0 spiro atoms. The Balaban J connectivity index is 2.13. The molecule has 2 aliphatic heterocycles. The predicted octanol–water partition coefficient (Wildman–Crippen LogP) is 2.30. The van der Waals surface area contributed by atoms with E-state index in [2.05, 4.69) is 15.5 Å². The molecule has 0 aromatic heterocycles. The normalized spacial score (nSPS) is 31.3. The fourth-order valence-electron chi connectivity index (χ4n) is 2.05. The van der Waals surface area contributed by atoms with Crippen LogP contribution in [0.15, 0.2) is 20.5 Å². The molecule has 3 rings (SSSR count). The highest BCUT2D eigenvalue weighted by Crippen LogP contribution is 2.48. The van der Waals surface area contributed by atoms with E-state index in [1.807, 2.05) is 0 Å². The van der Waals surface area contributed by atoms with Crippen molar-refractivity contribution in [2.75, 3.05) is 0 Å². The molecule has 3 aliphatic rings. The van der Waals surface area contributed by atoms with Gasteiger partial charge in [0.15, 0.2) is 0 Å². The lowest BCUT2D eigenvalue weighted by atomic mass is 10.2. The summed E-state index contributed by atoms with van der Waals surface area (Å²) in [6.07, 6.45) is 6.79. The van der Waals surface area contributed by atoms with E-state index in [1.54, 1.807) is 16.8 Å². The van der Waals surface area contributed by atoms with Gasteiger partial charge in [0, 0.05) is 6.42 Å². The van der Waals surface area contributed by atoms with Crippen molar-refractivity contribution < 1.29 is 0 Å². The summed E-state index contributed by atoms with van der Waals surface area (Å²) >= 11 is 0. The van der Waals surface area contributed by atoms with E-state index >= 15 is 0 Å². The number of allylic oxidation sites excluding steroid dienone is 2. The summed E-state index contributed by atoms with van der Waals surface area (Å²) in [5.74, 6) is 0. The van der Waals surface area contributed by atoms with E-state index in [4.69, 9.17) is 0 Å². The van der Waals surface area contributed by atoms with Crippen molar-refractivity contribution in [2.24, 2.45) is 9.98 Å². The maximum Gasteiger partial charge on any atom is 0.116 e. The first-order chi connectivity index (χ1) is 5.95. The predicted molar refractivity (Wildman–Crippen MR) is 55.1 cm³/mol. The standard InChI is InChI=1S/C9H10N2S/c1-2-7-4-9-11-5-10-6-12(9)8(7)3-1/h5-6H,1-4H2. The van der Waals surface area contributed by atoms with Crippen LogP contribution in [-0.4, -0.2) is 16.9 Å². The molecule has 62 valence electrons. The largest absolute Gasteiger partial charge is 0.238 e. The Morgan fingerprint density at radius 2 is 2.33 bits per heavy atom. The summed E-state index contributed by atoms with van der Waals surface area (Å²) in [4.78, 5) is 10.1. The zero-order chi connectivity index (χ0) is 7.97. The van der Waals surface area contributed by atoms with Gasteiger partial charge in [-0.1, -0.05) is 16.1 Å². The summed E-state index contributed by atoms with van der Waals surface area (Å²) < 4.78 is 0. The summed E-state index contributed by atoms with van der Waals surface area (Å²) in [6, 6.07) is 0. The molecule has 1 aliphatic carbocycles. The second-order valence-electron chi connectivity index (χ2n) is 3.29. The van der Waals surface area contributed by atoms with Crippen LogP contribution >= 0.6 is 10.5 Å². The van der Waals surface area contributed by atoms with Crippen molar-refractivity contribution in [1.29, 1.82) is 0 Å². The van der Waals surface area contributed by atoms with E-state index in [1.165, 1.54) is 24.3 Å². The first kappa shape index (κ1) is 6.78. The first-order valence-corrected chi connectivity index (χ1v) is 5.59. The Labute approximate surface area is 74.0 Å². The third-order valence-corrected chi connectivity index (χ3v) is 4.71. The van der Waals surface area contributed by atoms with Crippen molar-refractivity contribution >= 4 is 27.4 Å². The van der Waals surface area contributed by atoms with Gasteiger partial charge in [0.1, 0.15) is 6.34 Å². The van der Waals surface area contributed by atoms with Gasteiger partial charge in [-0.25, -0.2) is 9.98 Å². The molecule has 0 amide bonds. The minimum absolute atomic E-state index is 0.216. The van der Waals surface area contributed by atoms with Crippen LogP contribution in [0, 0.1) is 0 Å². The Hall–Kier alpha value is -0.700. The molecule has 0 saturated heterocycles. The molecule has 0 aromatic carbocycles. The second-order valence-corrected chi connectivity index (χ2v) is 5.14. The van der Waals surface area contributed by atoms with Gasteiger partial charge < -0.3 is 0 Å². The van der Waals surface area contributed by atoms with Crippen molar-refractivity contribution in [2.45, 2.75) is 25.7 Å². The van der Waals surface area contributed by atoms with Gasteiger partial charge in [0.25, 0.3) is 0 Å². The minimum Gasteiger partial charge on any atom is -0.238 e. The van der Waals surface area contributed by atoms with Crippen LogP contribution < -0.4 is 0 Å². The van der Waals surface area contributed by atoms with Crippen molar-refractivity contribution in [1.82, 2.24) is 0 Å². The van der Waals surface area contributed by atoms with E-state index in [0.717, 1.165) is 6.42 Å². The Morgan fingerprint density at radius 3 is 3.33 bits per heavy atom. The van der Waals surface area contributed by atoms with Crippen LogP contribution in [0.2, 0.25) is 0 Å². The number of fused-ring (bicyclic) bond motifs is 2. The maximum absolute atomic E-state index is 4.34. The van der Waals surface area contributed by atoms with Gasteiger partial charge in [-0.15, -0.1) is 0 Å². The summed E-state index contributed by atoms with van der Waals surface area (Å²) in [7, 11) is 0.216. The molecule has 0 saturated carbocycles. The molecular formula is C9H10N2S. The van der Waals surface area contributed by atoms with Crippen molar-refractivity contribution in [3.05, 3.63) is 10.5 Å². The molecule has 2 heterocycles. The Morgan fingerprint density at radius 1 is 1.33 bits per heavy atom. The highest BCUT2D eigenvalue weighted by molar-refractivity contribution is 8.31. The van der Waals surface area contributed by atoms with Crippen LogP contribution in [0.25, 0.3) is 0 Å². The lowest BCUT2D eigenvalue weighted by Crippen LogP contribution is -1.96. The summed E-state index contributed by atoms with van der Waals surface area (Å²) in [6.45, 7) is 0. The summed E-state index contributed by atoms with van der Waals surface area (Å²) in [5.41, 5.74) is 3.74. The van der Waals surface area contributed by atoms with Gasteiger partial charge in [-0.2, -0.15) is 0 Å². The second kappa shape index (κ2) is 2.39. The molecule has 0 radical (unpaired) electrons. The third kappa shape index (κ3) is 0.800. The minimum atomic E-state index is 0.216. The fourth-order valence-corrected chi connectivity index (χ4v) is 4.10. The van der Waals surface area contributed by atoms with Crippen LogP contribution in [-0.2, 0) is 0 Å². The highest BCUT2D eigenvalue weighted by Gasteiger charge is 2.28. The van der Waals surface area contributed by atoms with E-state index in [9.17, 15) is 0 Å². The van der Waals surface area contributed by atoms with E-state index in [-0.39, 0.29) is 10.5 Å². The van der Waals surface area contributed by atoms with Crippen LogP contribution in [0.4, 0.5) is 0 Å². The van der Waals surface area contributed by atoms with Gasteiger partial charge in [-0.3, -0.25) is 0 Å². The number of nitrogens with zero attached hydrogens (tertiary/aromatic N) is 2. The molecule has 0 bridgehead atoms.